The molecule has 2 aromatic rings. The summed E-state index contributed by atoms with van der Waals surface area (Å²) in [5.41, 5.74) is 9.08. The number of carbonyl (C=O) groups is 4. The van der Waals surface area contributed by atoms with Gasteiger partial charge in [-0.25, -0.2) is 4.98 Å². The quantitative estimate of drug-likeness (QED) is 0.113. The number of hydrogen-bond acceptors (Lipinski definition) is 12. The van der Waals surface area contributed by atoms with Gasteiger partial charge >= 0.3 is 0 Å². The van der Waals surface area contributed by atoms with Crippen molar-refractivity contribution < 1.29 is 48.0 Å². The Morgan fingerprint density at radius 2 is 1.51 bits per heavy atom. The average molecular weight is 764 g/mol. The number of thiazole rings is 1. The van der Waals surface area contributed by atoms with Crippen LogP contribution in [0, 0.1) is 24.2 Å². The number of β-amino-alcohol motifs (C(OH)–C–C–N with tert-alkyl or cyclic N) is 1. The van der Waals surface area contributed by atoms with Crippen molar-refractivity contribution in [2.75, 3.05) is 79.7 Å². The minimum absolute atomic E-state index is 0.0113. The molecule has 53 heavy (non-hydrogen) atoms. The number of aliphatic hydroxyl groups is 1. The molecule has 1 saturated heterocycles. The van der Waals surface area contributed by atoms with E-state index in [4.69, 9.17) is 29.4 Å². The molecule has 0 aliphatic carbocycles. The molecule has 4 amide bonds. The molecule has 296 valence electrons. The van der Waals surface area contributed by atoms with E-state index in [1.807, 2.05) is 57.5 Å². The van der Waals surface area contributed by atoms with Gasteiger partial charge in [-0.15, -0.1) is 11.3 Å². The Kier molecular flexibility index (Phi) is 18.8. The maximum Gasteiger partial charge on any atom is 0.243 e. The van der Waals surface area contributed by atoms with Gasteiger partial charge in [0.05, 0.1) is 100 Å². The van der Waals surface area contributed by atoms with Crippen LogP contribution in [0.2, 0.25) is 0 Å². The number of aliphatic hydroxyl groups excluding tert-OH is 1. The van der Waals surface area contributed by atoms with Crippen LogP contribution < -0.4 is 16.4 Å². The van der Waals surface area contributed by atoms with Crippen LogP contribution in [0.4, 0.5) is 0 Å². The van der Waals surface area contributed by atoms with Crippen molar-refractivity contribution in [2.45, 2.75) is 59.2 Å². The van der Waals surface area contributed by atoms with Crippen LogP contribution in [0.25, 0.3) is 10.4 Å². The molecule has 1 aliphatic heterocycles. The lowest BCUT2D eigenvalue weighted by Crippen LogP contribution is -2.54. The molecule has 1 fully saturated rings. The van der Waals surface area contributed by atoms with Gasteiger partial charge in [-0.2, -0.15) is 0 Å². The molecular formula is C37H57N5O10S. The molecular weight excluding hydrogens is 706 g/mol. The predicted molar refractivity (Wildman–Crippen MR) is 199 cm³/mol. The van der Waals surface area contributed by atoms with E-state index in [9.17, 15) is 24.3 Å². The summed E-state index contributed by atoms with van der Waals surface area (Å²) in [6.45, 7) is 10.7. The zero-order valence-corrected chi connectivity index (χ0v) is 32.4. The number of benzene rings is 1. The first-order valence-electron chi connectivity index (χ1n) is 18.0. The lowest BCUT2D eigenvalue weighted by atomic mass is 9.72. The third kappa shape index (κ3) is 14.7. The van der Waals surface area contributed by atoms with Crippen molar-refractivity contribution in [3.63, 3.8) is 0 Å². The summed E-state index contributed by atoms with van der Waals surface area (Å²) in [4.78, 5) is 58.4. The van der Waals surface area contributed by atoms with Gasteiger partial charge in [0.25, 0.3) is 0 Å². The first-order valence-corrected chi connectivity index (χ1v) is 18.9. The Morgan fingerprint density at radius 3 is 2.02 bits per heavy atom. The number of carbonyl (C=O) groups excluding carboxylic acids is 4. The van der Waals surface area contributed by atoms with E-state index in [0.717, 1.165) is 21.7 Å². The van der Waals surface area contributed by atoms with E-state index in [1.165, 1.54) is 11.9 Å². The molecule has 4 atom stereocenters. The Balaban J connectivity index is 1.46. The van der Waals surface area contributed by atoms with E-state index >= 15 is 0 Å². The van der Waals surface area contributed by atoms with Gasteiger partial charge in [0.2, 0.25) is 23.6 Å². The molecule has 1 unspecified atom stereocenters. The van der Waals surface area contributed by atoms with Crippen LogP contribution in [0.3, 0.4) is 0 Å². The lowest BCUT2D eigenvalue weighted by Gasteiger charge is -2.38. The Hall–Kier alpha value is -3.51. The van der Waals surface area contributed by atoms with E-state index in [2.05, 4.69) is 15.6 Å². The first-order chi connectivity index (χ1) is 25.3. The molecule has 1 aromatic heterocycles. The molecule has 1 aliphatic rings. The maximum atomic E-state index is 14.3. The highest BCUT2D eigenvalue weighted by molar-refractivity contribution is 7.13. The van der Waals surface area contributed by atoms with Crippen LogP contribution in [-0.4, -0.2) is 130 Å². The second kappa shape index (κ2) is 22.6. The monoisotopic (exact) mass is 763 g/mol. The molecule has 1 aromatic carbocycles. The van der Waals surface area contributed by atoms with Gasteiger partial charge in [-0.1, -0.05) is 45.0 Å². The SMILES string of the molecule is CNC(=O)C(COCCOCCOCCOCCOCCC(N)=O)[C@H](C(=O)N1C[C@H](O)C[C@H]1C(=O)NCc1ccc(-c2scnc2C)cc1)C(C)(C)C. The third-order valence-corrected chi connectivity index (χ3v) is 9.73. The number of aromatic nitrogens is 1. The standard InChI is InChI=1S/C37H57N5O10S/c1-25-33(53-24-41-25)27-8-6-26(7-9-27)21-40-35(46)30-20-28(43)22-42(30)36(47)32(37(2,3)4)29(34(45)39-5)23-52-19-18-51-17-16-50-15-14-49-13-12-48-11-10-31(38)44/h6-9,24,28-30,32,43H,10-23H2,1-5H3,(H2,38,44)(H,39,45)(H,40,46)/t28-,29?,30+,32-/m1/s1. The van der Waals surface area contributed by atoms with Crippen molar-refractivity contribution in [3.8, 4) is 10.4 Å². The highest BCUT2D eigenvalue weighted by Gasteiger charge is 2.48. The second-order valence-electron chi connectivity index (χ2n) is 13.9. The number of nitrogens with one attached hydrogen (secondary N) is 2. The zero-order chi connectivity index (χ0) is 38.8. The number of ether oxygens (including phenoxy) is 5. The summed E-state index contributed by atoms with van der Waals surface area (Å²) in [6, 6.07) is 6.98. The number of nitrogens with zero attached hydrogens (tertiary/aromatic N) is 2. The zero-order valence-electron chi connectivity index (χ0n) is 31.6. The lowest BCUT2D eigenvalue weighted by molar-refractivity contribution is -0.152. The van der Waals surface area contributed by atoms with Crippen LogP contribution >= 0.6 is 11.3 Å². The van der Waals surface area contributed by atoms with E-state index in [1.54, 1.807) is 11.3 Å². The maximum absolute atomic E-state index is 14.3. The minimum Gasteiger partial charge on any atom is -0.391 e. The number of aryl methyl sites for hydroxylation is 1. The molecule has 5 N–H and O–H groups in total. The molecule has 2 heterocycles. The summed E-state index contributed by atoms with van der Waals surface area (Å²) in [7, 11) is 1.51. The van der Waals surface area contributed by atoms with Crippen molar-refractivity contribution in [1.29, 1.82) is 0 Å². The molecule has 16 heteroatoms. The highest BCUT2D eigenvalue weighted by Crippen LogP contribution is 2.36. The normalized spacial score (nSPS) is 17.1. The predicted octanol–water partition coefficient (Wildman–Crippen LogP) is 1.68. The minimum atomic E-state index is -0.886. The van der Waals surface area contributed by atoms with Crippen molar-refractivity contribution in [1.82, 2.24) is 20.5 Å². The van der Waals surface area contributed by atoms with Crippen molar-refractivity contribution in [3.05, 3.63) is 41.0 Å². The van der Waals surface area contributed by atoms with Gasteiger partial charge in [0.1, 0.15) is 6.04 Å². The van der Waals surface area contributed by atoms with Crippen LogP contribution in [0.1, 0.15) is 44.9 Å². The van der Waals surface area contributed by atoms with E-state index in [0.29, 0.717) is 39.6 Å². The topological polar surface area (TPSA) is 201 Å². The number of rotatable bonds is 24. The average Bonchev–Trinajstić information content (AvgIpc) is 3.74. The van der Waals surface area contributed by atoms with Gasteiger partial charge in [-0.3, -0.25) is 19.2 Å². The molecule has 0 saturated carbocycles. The Labute approximate surface area is 316 Å². The van der Waals surface area contributed by atoms with Crippen LogP contribution in [0.5, 0.6) is 0 Å². The molecule has 0 bridgehead atoms. The van der Waals surface area contributed by atoms with Gasteiger partial charge < -0.3 is 50.1 Å². The smallest absolute Gasteiger partial charge is 0.243 e. The fraction of sp³-hybridized carbons (Fsp3) is 0.649. The molecule has 15 nitrogen and oxygen atoms in total. The number of amides is 4. The number of likely N-dealkylation sites (tertiary alicyclic amines) is 1. The fourth-order valence-electron chi connectivity index (χ4n) is 6.06. The van der Waals surface area contributed by atoms with Gasteiger partial charge in [0, 0.05) is 33.0 Å². The summed E-state index contributed by atoms with van der Waals surface area (Å²) in [5, 5.41) is 16.2. The number of primary amides is 1. The van der Waals surface area contributed by atoms with Crippen LogP contribution in [-0.2, 0) is 49.4 Å². The summed E-state index contributed by atoms with van der Waals surface area (Å²) < 4.78 is 27.5. The Bertz CT molecular complexity index is 1430. The van der Waals surface area contributed by atoms with E-state index in [-0.39, 0.29) is 70.1 Å². The summed E-state index contributed by atoms with van der Waals surface area (Å²) >= 11 is 1.57. The molecule has 3 rings (SSSR count). The number of nitrogens with two attached hydrogens (primary N) is 1. The van der Waals surface area contributed by atoms with E-state index < -0.39 is 35.3 Å². The number of hydrogen-bond donors (Lipinski definition) is 4. The van der Waals surface area contributed by atoms with Crippen molar-refractivity contribution in [2.24, 2.45) is 23.0 Å². The molecule has 0 radical (unpaired) electrons. The second-order valence-corrected chi connectivity index (χ2v) is 14.7. The highest BCUT2D eigenvalue weighted by atomic mass is 32.1. The van der Waals surface area contributed by atoms with Crippen LogP contribution in [0.15, 0.2) is 29.8 Å². The van der Waals surface area contributed by atoms with Crippen molar-refractivity contribution >= 4 is 35.0 Å². The van der Waals surface area contributed by atoms with Gasteiger partial charge in [0.15, 0.2) is 0 Å². The fourth-order valence-corrected chi connectivity index (χ4v) is 6.87. The first kappa shape index (κ1) is 43.9. The largest absolute Gasteiger partial charge is 0.391 e. The van der Waals surface area contributed by atoms with Gasteiger partial charge in [-0.05, 0) is 23.5 Å². The summed E-state index contributed by atoms with van der Waals surface area (Å²) in [6.07, 6.45) is -0.595. The third-order valence-electron chi connectivity index (χ3n) is 8.76. The summed E-state index contributed by atoms with van der Waals surface area (Å²) in [5.74, 6) is -3.21. The molecule has 0 spiro atoms. The Morgan fingerprint density at radius 1 is 0.943 bits per heavy atom.